The van der Waals surface area contributed by atoms with Crippen LogP contribution in [0.15, 0.2) is 84.9 Å². The second-order valence-corrected chi connectivity index (χ2v) is 11.3. The standard InChI is InChI=1S/C32H36N4O4S/c1-22(2)17-28(36-32(39)40-19-24-13-7-4-8-14-24)31(38)35-27(18-23-11-5-3-6-12-23)29(37)20-41-21-30-33-25-15-9-10-16-26(25)34-30/h3-16,22,27-28H,17-21H2,1-2H3,(H,33,34)(H,35,38)(H,36,39)/t27-,28-/m0/s1. The molecule has 0 aliphatic heterocycles. The van der Waals surface area contributed by atoms with Crippen molar-refractivity contribution in [2.45, 2.75) is 51.1 Å². The minimum atomic E-state index is -0.840. The highest BCUT2D eigenvalue weighted by Crippen LogP contribution is 2.17. The number of carbonyl (C=O) groups is 3. The number of rotatable bonds is 14. The number of nitrogens with one attached hydrogen (secondary N) is 3. The summed E-state index contributed by atoms with van der Waals surface area (Å²) < 4.78 is 5.35. The number of hydrogen-bond acceptors (Lipinski definition) is 6. The van der Waals surface area contributed by atoms with Gasteiger partial charge in [0.15, 0.2) is 5.78 Å². The quantitative estimate of drug-likeness (QED) is 0.186. The highest BCUT2D eigenvalue weighted by Gasteiger charge is 2.28. The molecule has 0 fully saturated rings. The first-order valence-corrected chi connectivity index (χ1v) is 14.9. The number of nitrogens with zero attached hydrogens (tertiary/aromatic N) is 1. The Morgan fingerprint density at radius 2 is 1.51 bits per heavy atom. The lowest BCUT2D eigenvalue weighted by Gasteiger charge is -2.24. The molecule has 0 radical (unpaired) electrons. The number of amides is 2. The van der Waals surface area contributed by atoms with Crippen LogP contribution in [0.3, 0.4) is 0 Å². The van der Waals surface area contributed by atoms with E-state index in [-0.39, 0.29) is 24.1 Å². The average molecular weight is 573 g/mol. The molecule has 2 atom stereocenters. The molecule has 0 saturated carbocycles. The predicted octanol–water partition coefficient (Wildman–Crippen LogP) is 5.43. The summed E-state index contributed by atoms with van der Waals surface area (Å²) in [6.07, 6.45) is 0.0740. The van der Waals surface area contributed by atoms with Crippen molar-refractivity contribution in [3.8, 4) is 0 Å². The van der Waals surface area contributed by atoms with E-state index in [1.165, 1.54) is 11.8 Å². The fourth-order valence-corrected chi connectivity index (χ4v) is 5.23. The summed E-state index contributed by atoms with van der Waals surface area (Å²) in [7, 11) is 0. The molecule has 214 valence electrons. The Morgan fingerprint density at radius 3 is 2.20 bits per heavy atom. The molecule has 0 spiro atoms. The number of hydrogen-bond donors (Lipinski definition) is 3. The van der Waals surface area contributed by atoms with Crippen LogP contribution in [0.5, 0.6) is 0 Å². The number of H-pyrrole nitrogens is 1. The van der Waals surface area contributed by atoms with Gasteiger partial charge in [-0.1, -0.05) is 86.6 Å². The van der Waals surface area contributed by atoms with Gasteiger partial charge in [-0.25, -0.2) is 9.78 Å². The number of fused-ring (bicyclic) bond motifs is 1. The number of thioether (sulfide) groups is 1. The summed E-state index contributed by atoms with van der Waals surface area (Å²) in [4.78, 5) is 47.2. The second kappa shape index (κ2) is 15.0. The maximum Gasteiger partial charge on any atom is 0.408 e. The number of para-hydroxylation sites is 2. The first kappa shape index (κ1) is 29.9. The number of aromatic amines is 1. The number of Topliss-reactive ketones (excluding diaryl/α,β-unsaturated/α-hetero) is 1. The smallest absolute Gasteiger partial charge is 0.408 e. The molecule has 8 nitrogen and oxygen atoms in total. The third-order valence-corrected chi connectivity index (χ3v) is 7.40. The largest absolute Gasteiger partial charge is 0.445 e. The lowest BCUT2D eigenvalue weighted by atomic mass is 10.00. The first-order valence-electron chi connectivity index (χ1n) is 13.7. The lowest BCUT2D eigenvalue weighted by molar-refractivity contribution is -0.128. The third-order valence-electron chi connectivity index (χ3n) is 6.44. The highest BCUT2D eigenvalue weighted by molar-refractivity contribution is 7.99. The normalized spacial score (nSPS) is 12.6. The Hall–Kier alpha value is -4.11. The summed E-state index contributed by atoms with van der Waals surface area (Å²) in [6.45, 7) is 4.04. The number of imidazole rings is 1. The van der Waals surface area contributed by atoms with E-state index in [0.29, 0.717) is 18.6 Å². The van der Waals surface area contributed by atoms with Gasteiger partial charge in [0.05, 0.1) is 28.6 Å². The maximum absolute atomic E-state index is 13.4. The Bertz CT molecular complexity index is 1390. The van der Waals surface area contributed by atoms with Crippen LogP contribution in [0.2, 0.25) is 0 Å². The first-order chi connectivity index (χ1) is 19.9. The van der Waals surface area contributed by atoms with E-state index in [0.717, 1.165) is 28.0 Å². The Balaban J connectivity index is 1.38. The van der Waals surface area contributed by atoms with Crippen molar-refractivity contribution < 1.29 is 19.1 Å². The molecule has 0 bridgehead atoms. The summed E-state index contributed by atoms with van der Waals surface area (Å²) in [5.41, 5.74) is 3.62. The lowest BCUT2D eigenvalue weighted by Crippen LogP contribution is -2.53. The van der Waals surface area contributed by atoms with Crippen LogP contribution >= 0.6 is 11.8 Å². The summed E-state index contributed by atoms with van der Waals surface area (Å²) in [6, 6.07) is 25.1. The number of ketones is 1. The zero-order valence-corrected chi connectivity index (χ0v) is 24.2. The van der Waals surface area contributed by atoms with Gasteiger partial charge in [0.2, 0.25) is 5.91 Å². The molecule has 1 aromatic heterocycles. The van der Waals surface area contributed by atoms with Crippen LogP contribution in [-0.2, 0) is 33.1 Å². The number of carbonyl (C=O) groups excluding carboxylic acids is 3. The van der Waals surface area contributed by atoms with Crippen molar-refractivity contribution in [3.63, 3.8) is 0 Å². The van der Waals surface area contributed by atoms with Gasteiger partial charge in [0, 0.05) is 0 Å². The molecule has 0 aliphatic rings. The van der Waals surface area contributed by atoms with Crippen LogP contribution in [0.4, 0.5) is 4.79 Å². The Morgan fingerprint density at radius 1 is 0.854 bits per heavy atom. The van der Waals surface area contributed by atoms with Gasteiger partial charge >= 0.3 is 6.09 Å². The number of ether oxygens (including phenoxy) is 1. The highest BCUT2D eigenvalue weighted by atomic mass is 32.2. The summed E-state index contributed by atoms with van der Waals surface area (Å²) >= 11 is 1.45. The Kier molecular flexibility index (Phi) is 11.0. The van der Waals surface area contributed by atoms with E-state index in [4.69, 9.17) is 4.74 Å². The minimum Gasteiger partial charge on any atom is -0.445 e. The van der Waals surface area contributed by atoms with Gasteiger partial charge in [0.1, 0.15) is 18.5 Å². The van der Waals surface area contributed by atoms with Gasteiger partial charge in [0.25, 0.3) is 0 Å². The fourth-order valence-electron chi connectivity index (χ4n) is 4.40. The molecule has 4 aromatic rings. The third kappa shape index (κ3) is 9.49. The molecule has 0 unspecified atom stereocenters. The predicted molar refractivity (Wildman–Crippen MR) is 162 cm³/mol. The monoisotopic (exact) mass is 572 g/mol. The molecule has 4 rings (SSSR count). The summed E-state index contributed by atoms with van der Waals surface area (Å²) in [5, 5.41) is 5.63. The van der Waals surface area contributed by atoms with Crippen molar-refractivity contribution in [1.29, 1.82) is 0 Å². The van der Waals surface area contributed by atoms with Gasteiger partial charge in [-0.3, -0.25) is 9.59 Å². The van der Waals surface area contributed by atoms with Gasteiger partial charge in [-0.2, -0.15) is 0 Å². The van der Waals surface area contributed by atoms with Crippen molar-refractivity contribution in [1.82, 2.24) is 20.6 Å². The molecular weight excluding hydrogens is 536 g/mol. The van der Waals surface area contributed by atoms with Gasteiger partial charge in [-0.15, -0.1) is 11.8 Å². The zero-order chi connectivity index (χ0) is 29.0. The SMILES string of the molecule is CC(C)C[C@H](NC(=O)OCc1ccccc1)C(=O)N[C@@H](Cc1ccccc1)C(=O)CSCc1nc2ccccc2[nH]1. The van der Waals surface area contributed by atoms with Crippen LogP contribution in [0, 0.1) is 5.92 Å². The fraction of sp³-hybridized carbons (Fsp3) is 0.312. The molecule has 9 heteroatoms. The molecule has 0 saturated heterocycles. The molecule has 41 heavy (non-hydrogen) atoms. The minimum absolute atomic E-state index is 0.0975. The Labute approximate surface area is 244 Å². The number of benzene rings is 3. The van der Waals surface area contributed by atoms with Crippen LogP contribution < -0.4 is 10.6 Å². The van der Waals surface area contributed by atoms with E-state index >= 15 is 0 Å². The van der Waals surface area contributed by atoms with Crippen molar-refractivity contribution in [2.75, 3.05) is 5.75 Å². The molecule has 0 aliphatic carbocycles. The molecule has 3 N–H and O–H groups in total. The van der Waals surface area contributed by atoms with Gasteiger partial charge in [-0.05, 0) is 42.0 Å². The molecule has 3 aromatic carbocycles. The van der Waals surface area contributed by atoms with Crippen molar-refractivity contribution in [3.05, 3.63) is 102 Å². The van der Waals surface area contributed by atoms with Crippen molar-refractivity contribution in [2.24, 2.45) is 5.92 Å². The number of aromatic nitrogens is 2. The van der Waals surface area contributed by atoms with Crippen LogP contribution in [0.1, 0.15) is 37.2 Å². The van der Waals surface area contributed by atoms with E-state index in [9.17, 15) is 14.4 Å². The van der Waals surface area contributed by atoms with E-state index in [1.807, 2.05) is 98.8 Å². The zero-order valence-electron chi connectivity index (χ0n) is 23.3. The van der Waals surface area contributed by atoms with Crippen LogP contribution in [-0.4, -0.2) is 45.6 Å². The maximum atomic E-state index is 13.4. The van der Waals surface area contributed by atoms with E-state index < -0.39 is 24.1 Å². The molecule has 2 amide bonds. The number of alkyl carbamates (subject to hydrolysis) is 1. The summed E-state index contributed by atoms with van der Waals surface area (Å²) in [5.74, 6) is 1.16. The van der Waals surface area contributed by atoms with Crippen LogP contribution in [0.25, 0.3) is 11.0 Å². The second-order valence-electron chi connectivity index (χ2n) is 10.3. The average Bonchev–Trinajstić information content (AvgIpc) is 3.39. The van der Waals surface area contributed by atoms with Gasteiger partial charge < -0.3 is 20.4 Å². The van der Waals surface area contributed by atoms with E-state index in [2.05, 4.69) is 20.6 Å². The molecular formula is C32H36N4O4S. The topological polar surface area (TPSA) is 113 Å². The molecule has 1 heterocycles. The van der Waals surface area contributed by atoms with E-state index in [1.54, 1.807) is 0 Å². The van der Waals surface area contributed by atoms with Crippen molar-refractivity contribution >= 4 is 40.6 Å².